The van der Waals surface area contributed by atoms with Gasteiger partial charge in [0.1, 0.15) is 10.7 Å². The molecule has 1 N–H and O–H groups in total. The summed E-state index contributed by atoms with van der Waals surface area (Å²) in [5, 5.41) is 9.53. The number of aliphatic hydroxyl groups is 1. The number of hydrogen-bond acceptors (Lipinski definition) is 3. The van der Waals surface area contributed by atoms with Gasteiger partial charge in [0.2, 0.25) is 0 Å². The van der Waals surface area contributed by atoms with Crippen molar-refractivity contribution in [2.45, 2.75) is 23.7 Å². The van der Waals surface area contributed by atoms with Crippen molar-refractivity contribution in [1.29, 1.82) is 0 Å². The SMILES string of the molecule is COc1ccc(SC(C)(C)O)cc1. The van der Waals surface area contributed by atoms with Crippen LogP contribution in [-0.2, 0) is 0 Å². The Bertz CT molecular complexity index is 261. The van der Waals surface area contributed by atoms with E-state index in [2.05, 4.69) is 0 Å². The van der Waals surface area contributed by atoms with Crippen LogP contribution >= 0.6 is 11.8 Å². The average molecular weight is 198 g/mol. The Kier molecular flexibility index (Phi) is 3.22. The van der Waals surface area contributed by atoms with E-state index < -0.39 is 4.93 Å². The summed E-state index contributed by atoms with van der Waals surface area (Å²) in [6, 6.07) is 7.63. The molecule has 0 aliphatic rings. The normalized spacial score (nSPS) is 11.4. The summed E-state index contributed by atoms with van der Waals surface area (Å²) in [5.41, 5.74) is 0. The van der Waals surface area contributed by atoms with Crippen LogP contribution in [-0.4, -0.2) is 17.1 Å². The molecule has 0 amide bonds. The molecule has 0 saturated heterocycles. The van der Waals surface area contributed by atoms with Gasteiger partial charge in [-0.25, -0.2) is 0 Å². The molecule has 0 aliphatic carbocycles. The molecule has 2 nitrogen and oxygen atoms in total. The molecule has 13 heavy (non-hydrogen) atoms. The van der Waals surface area contributed by atoms with Gasteiger partial charge in [-0.1, -0.05) is 11.8 Å². The van der Waals surface area contributed by atoms with Gasteiger partial charge in [-0.05, 0) is 38.1 Å². The van der Waals surface area contributed by atoms with Gasteiger partial charge in [-0.3, -0.25) is 0 Å². The standard InChI is InChI=1S/C10H14O2S/c1-10(2,11)13-9-6-4-8(12-3)5-7-9/h4-7,11H,1-3H3. The van der Waals surface area contributed by atoms with Gasteiger partial charge in [0, 0.05) is 4.90 Å². The minimum Gasteiger partial charge on any atom is -0.497 e. The van der Waals surface area contributed by atoms with E-state index in [0.29, 0.717) is 0 Å². The lowest BCUT2D eigenvalue weighted by Crippen LogP contribution is -2.11. The fraction of sp³-hybridized carbons (Fsp3) is 0.400. The zero-order valence-corrected chi connectivity index (χ0v) is 8.89. The Hall–Kier alpha value is -0.670. The van der Waals surface area contributed by atoms with Gasteiger partial charge in [0.05, 0.1) is 7.11 Å². The molecular formula is C10H14O2S. The zero-order valence-electron chi connectivity index (χ0n) is 8.07. The summed E-state index contributed by atoms with van der Waals surface area (Å²) >= 11 is 1.42. The minimum absolute atomic E-state index is 0.728. The molecule has 0 aliphatic heterocycles. The smallest absolute Gasteiger partial charge is 0.118 e. The van der Waals surface area contributed by atoms with E-state index >= 15 is 0 Å². The number of methoxy groups -OCH3 is 1. The van der Waals surface area contributed by atoms with Gasteiger partial charge < -0.3 is 9.84 Å². The van der Waals surface area contributed by atoms with E-state index in [1.54, 1.807) is 21.0 Å². The first-order valence-corrected chi connectivity index (χ1v) is 4.88. The van der Waals surface area contributed by atoms with Crippen molar-refractivity contribution in [3.63, 3.8) is 0 Å². The maximum atomic E-state index is 9.53. The van der Waals surface area contributed by atoms with E-state index in [1.165, 1.54) is 11.8 Å². The Labute approximate surface area is 82.9 Å². The summed E-state index contributed by atoms with van der Waals surface area (Å²) in [5.74, 6) is 0.833. The molecule has 0 atom stereocenters. The maximum absolute atomic E-state index is 9.53. The van der Waals surface area contributed by atoms with Gasteiger partial charge >= 0.3 is 0 Å². The van der Waals surface area contributed by atoms with Crippen LogP contribution in [0.3, 0.4) is 0 Å². The van der Waals surface area contributed by atoms with Crippen LogP contribution in [0.2, 0.25) is 0 Å². The monoisotopic (exact) mass is 198 g/mol. The topological polar surface area (TPSA) is 29.5 Å². The van der Waals surface area contributed by atoms with Crippen molar-refractivity contribution in [3.8, 4) is 5.75 Å². The summed E-state index contributed by atoms with van der Waals surface area (Å²) in [6.45, 7) is 3.53. The predicted octanol–water partition coefficient (Wildman–Crippen LogP) is 2.52. The van der Waals surface area contributed by atoms with Crippen LogP contribution in [0.1, 0.15) is 13.8 Å². The highest BCUT2D eigenvalue weighted by Crippen LogP contribution is 2.30. The highest BCUT2D eigenvalue weighted by Gasteiger charge is 2.13. The number of ether oxygens (including phenoxy) is 1. The largest absolute Gasteiger partial charge is 0.497 e. The Morgan fingerprint density at radius 3 is 2.15 bits per heavy atom. The van der Waals surface area contributed by atoms with Gasteiger partial charge in [0.15, 0.2) is 0 Å². The lowest BCUT2D eigenvalue weighted by molar-refractivity contribution is 0.179. The molecule has 0 unspecified atom stereocenters. The third-order valence-electron chi connectivity index (χ3n) is 1.43. The molecule has 0 bridgehead atoms. The Balaban J connectivity index is 2.70. The van der Waals surface area contributed by atoms with Crippen molar-refractivity contribution in [3.05, 3.63) is 24.3 Å². The van der Waals surface area contributed by atoms with E-state index in [9.17, 15) is 5.11 Å². The molecule has 72 valence electrons. The van der Waals surface area contributed by atoms with Gasteiger partial charge in [-0.15, -0.1) is 0 Å². The molecule has 1 aromatic rings. The highest BCUT2D eigenvalue weighted by molar-refractivity contribution is 8.00. The number of rotatable bonds is 3. The van der Waals surface area contributed by atoms with Crippen LogP contribution < -0.4 is 4.74 Å². The highest BCUT2D eigenvalue weighted by atomic mass is 32.2. The molecule has 3 heteroatoms. The van der Waals surface area contributed by atoms with E-state index in [0.717, 1.165) is 10.6 Å². The fourth-order valence-electron chi connectivity index (χ4n) is 0.932. The maximum Gasteiger partial charge on any atom is 0.118 e. The second-order valence-electron chi connectivity index (χ2n) is 3.22. The van der Waals surface area contributed by atoms with Crippen LogP contribution in [0.4, 0.5) is 0 Å². The molecule has 1 rings (SSSR count). The summed E-state index contributed by atoms with van der Waals surface area (Å²) in [7, 11) is 1.64. The van der Waals surface area contributed by atoms with Crippen LogP contribution in [0.15, 0.2) is 29.2 Å². The number of hydrogen-bond donors (Lipinski definition) is 1. The van der Waals surface area contributed by atoms with Crippen LogP contribution in [0.25, 0.3) is 0 Å². The molecule has 0 radical (unpaired) electrons. The second-order valence-corrected chi connectivity index (χ2v) is 4.90. The second kappa shape index (κ2) is 4.03. The van der Waals surface area contributed by atoms with E-state index in [1.807, 2.05) is 24.3 Å². The predicted molar refractivity (Wildman–Crippen MR) is 55.1 cm³/mol. The van der Waals surface area contributed by atoms with Gasteiger partial charge in [0.25, 0.3) is 0 Å². The fourth-order valence-corrected chi connectivity index (χ4v) is 1.78. The van der Waals surface area contributed by atoms with Crippen LogP contribution in [0.5, 0.6) is 5.75 Å². The molecule has 0 heterocycles. The zero-order chi connectivity index (χ0) is 9.90. The molecule has 0 spiro atoms. The third-order valence-corrected chi connectivity index (χ3v) is 2.43. The summed E-state index contributed by atoms with van der Waals surface area (Å²) in [6.07, 6.45) is 0. The van der Waals surface area contributed by atoms with Crippen LogP contribution in [0, 0.1) is 0 Å². The Morgan fingerprint density at radius 2 is 1.77 bits per heavy atom. The Morgan fingerprint density at radius 1 is 1.23 bits per heavy atom. The van der Waals surface area contributed by atoms with Crippen molar-refractivity contribution in [1.82, 2.24) is 0 Å². The molecule has 0 fully saturated rings. The van der Waals surface area contributed by atoms with Crippen molar-refractivity contribution >= 4 is 11.8 Å². The van der Waals surface area contributed by atoms with E-state index in [-0.39, 0.29) is 0 Å². The summed E-state index contributed by atoms with van der Waals surface area (Å²) < 4.78 is 5.03. The lowest BCUT2D eigenvalue weighted by atomic mass is 10.3. The third kappa shape index (κ3) is 3.70. The van der Waals surface area contributed by atoms with Gasteiger partial charge in [-0.2, -0.15) is 0 Å². The molecule has 0 aromatic heterocycles. The molecular weight excluding hydrogens is 184 g/mol. The first-order valence-electron chi connectivity index (χ1n) is 4.07. The summed E-state index contributed by atoms with van der Waals surface area (Å²) in [4.78, 5) is 0.308. The lowest BCUT2D eigenvalue weighted by Gasteiger charge is -2.16. The minimum atomic E-state index is -0.728. The van der Waals surface area contributed by atoms with Crippen molar-refractivity contribution in [2.24, 2.45) is 0 Å². The first-order chi connectivity index (χ1) is 6.01. The number of benzene rings is 1. The number of thioether (sulfide) groups is 1. The molecule has 0 saturated carbocycles. The average Bonchev–Trinajstić information content (AvgIpc) is 2.03. The molecule has 1 aromatic carbocycles. The van der Waals surface area contributed by atoms with Crippen molar-refractivity contribution in [2.75, 3.05) is 7.11 Å². The van der Waals surface area contributed by atoms with Crippen molar-refractivity contribution < 1.29 is 9.84 Å². The first kappa shape index (κ1) is 10.4. The quantitative estimate of drug-likeness (QED) is 0.597. The van der Waals surface area contributed by atoms with E-state index in [4.69, 9.17) is 4.74 Å².